The maximum absolute atomic E-state index is 12.3. The number of fused-ring (bicyclic) bond motifs is 1. The monoisotopic (exact) mass is 332 g/mol. The Labute approximate surface area is 145 Å². The maximum Gasteiger partial charge on any atom is 0.244 e. The Morgan fingerprint density at radius 2 is 1.88 bits per heavy atom. The molecule has 2 aliphatic carbocycles. The second-order valence-electron chi connectivity index (χ2n) is 8.58. The summed E-state index contributed by atoms with van der Waals surface area (Å²) in [6.07, 6.45) is 12.5. The summed E-state index contributed by atoms with van der Waals surface area (Å²) in [6, 6.07) is 0.757. The van der Waals surface area contributed by atoms with Gasteiger partial charge >= 0.3 is 0 Å². The number of hydrogen-bond donors (Lipinski definition) is 2. The van der Waals surface area contributed by atoms with Crippen LogP contribution in [-0.4, -0.2) is 24.1 Å². The summed E-state index contributed by atoms with van der Waals surface area (Å²) in [4.78, 5) is 18.0. The number of carbonyl (C=O) groups excluding carboxylic acids is 1. The Morgan fingerprint density at radius 1 is 1.08 bits per heavy atom. The van der Waals surface area contributed by atoms with Gasteiger partial charge in [0, 0.05) is 30.0 Å². The Hall–Kier alpha value is -0.870. The lowest BCUT2D eigenvalue weighted by atomic mass is 9.64. The zero-order valence-corrected chi connectivity index (χ0v) is 15.1. The average molecular weight is 332 g/mol. The molecule has 0 aromatic carbocycles. The topological polar surface area (TPSA) is 50.4 Å². The number of carbonyl (C=O) groups is 1. The number of rotatable bonds is 2. The molecule has 1 saturated heterocycles. The van der Waals surface area contributed by atoms with Gasteiger partial charge in [-0.1, -0.05) is 24.8 Å². The van der Waals surface area contributed by atoms with Crippen molar-refractivity contribution in [1.82, 2.24) is 10.8 Å². The van der Waals surface area contributed by atoms with Gasteiger partial charge in [0.15, 0.2) is 0 Å². The molecule has 0 bridgehead atoms. The molecule has 4 heteroatoms. The van der Waals surface area contributed by atoms with Crippen molar-refractivity contribution in [2.24, 2.45) is 23.7 Å². The third kappa shape index (κ3) is 3.03. The van der Waals surface area contributed by atoms with Crippen LogP contribution in [0.1, 0.15) is 65.2 Å². The molecular formula is C20H32N2O2. The van der Waals surface area contributed by atoms with Crippen LogP contribution >= 0.6 is 0 Å². The van der Waals surface area contributed by atoms with Crippen LogP contribution in [0, 0.1) is 23.7 Å². The number of hydroxylamine groups is 1. The second-order valence-corrected chi connectivity index (χ2v) is 8.58. The van der Waals surface area contributed by atoms with Crippen molar-refractivity contribution < 1.29 is 9.63 Å². The van der Waals surface area contributed by atoms with Gasteiger partial charge in [-0.3, -0.25) is 9.63 Å². The predicted molar refractivity (Wildman–Crippen MR) is 94.1 cm³/mol. The summed E-state index contributed by atoms with van der Waals surface area (Å²) in [7, 11) is 0. The van der Waals surface area contributed by atoms with E-state index in [1.54, 1.807) is 0 Å². The first-order valence-electron chi connectivity index (χ1n) is 10.1. The molecule has 0 radical (unpaired) electrons. The zero-order chi connectivity index (χ0) is 16.7. The standard InChI is InChI=1S/C20H32N2O2/c1-12-20(13(2)24-22-12)15-8-9-16-17(14-6-4-3-5-7-14)11-19(23)21-18(16)10-15/h11-16,18,20,22H,3-10H2,1-2H3,(H,21,23). The molecule has 3 fully saturated rings. The summed E-state index contributed by atoms with van der Waals surface area (Å²) in [5, 5.41) is 3.29. The quantitative estimate of drug-likeness (QED) is 0.815. The molecule has 6 atom stereocenters. The molecule has 0 aromatic rings. The van der Waals surface area contributed by atoms with E-state index in [0.29, 0.717) is 35.8 Å². The van der Waals surface area contributed by atoms with Crippen LogP contribution in [0.25, 0.3) is 0 Å². The van der Waals surface area contributed by atoms with Crippen LogP contribution in [-0.2, 0) is 9.63 Å². The molecule has 2 aliphatic heterocycles. The van der Waals surface area contributed by atoms with Gasteiger partial charge in [0.25, 0.3) is 0 Å². The highest BCUT2D eigenvalue weighted by Crippen LogP contribution is 2.45. The van der Waals surface area contributed by atoms with E-state index in [-0.39, 0.29) is 12.0 Å². The molecule has 0 spiro atoms. The van der Waals surface area contributed by atoms with Crippen molar-refractivity contribution in [1.29, 1.82) is 0 Å². The van der Waals surface area contributed by atoms with Gasteiger partial charge in [-0.05, 0) is 57.8 Å². The molecule has 4 aliphatic rings. The summed E-state index contributed by atoms with van der Waals surface area (Å²) >= 11 is 0. The number of nitrogens with one attached hydrogen (secondary N) is 2. The molecule has 2 saturated carbocycles. The largest absolute Gasteiger partial charge is 0.349 e. The Bertz CT molecular complexity index is 502. The van der Waals surface area contributed by atoms with Gasteiger partial charge < -0.3 is 5.32 Å². The minimum Gasteiger partial charge on any atom is -0.349 e. The van der Waals surface area contributed by atoms with E-state index in [1.807, 2.05) is 6.08 Å². The SMILES string of the molecule is CC1NOC(C)C1C1CCC2C(C3CCCCC3)=CC(=O)NC2C1. The van der Waals surface area contributed by atoms with Crippen LogP contribution in [0.2, 0.25) is 0 Å². The molecule has 24 heavy (non-hydrogen) atoms. The van der Waals surface area contributed by atoms with E-state index in [4.69, 9.17) is 4.84 Å². The average Bonchev–Trinajstić information content (AvgIpc) is 2.93. The molecule has 2 heterocycles. The fourth-order valence-electron chi connectivity index (χ4n) is 6.02. The first kappa shape index (κ1) is 16.6. The fourth-order valence-corrected chi connectivity index (χ4v) is 6.02. The lowest BCUT2D eigenvalue weighted by Gasteiger charge is -2.45. The summed E-state index contributed by atoms with van der Waals surface area (Å²) < 4.78 is 0. The first-order chi connectivity index (χ1) is 11.6. The molecule has 4 rings (SSSR count). The maximum atomic E-state index is 12.3. The van der Waals surface area contributed by atoms with E-state index >= 15 is 0 Å². The molecule has 6 unspecified atom stereocenters. The van der Waals surface area contributed by atoms with Crippen LogP contribution in [0.4, 0.5) is 0 Å². The lowest BCUT2D eigenvalue weighted by Crippen LogP contribution is -2.50. The third-order valence-electron chi connectivity index (χ3n) is 7.12. The van der Waals surface area contributed by atoms with Crippen molar-refractivity contribution in [3.05, 3.63) is 11.6 Å². The number of amides is 1. The van der Waals surface area contributed by atoms with E-state index < -0.39 is 0 Å². The normalized spacial score (nSPS) is 43.9. The number of hydrogen-bond acceptors (Lipinski definition) is 3. The Morgan fingerprint density at radius 3 is 2.58 bits per heavy atom. The lowest BCUT2D eigenvalue weighted by molar-refractivity contribution is -0.118. The zero-order valence-electron chi connectivity index (χ0n) is 15.1. The van der Waals surface area contributed by atoms with E-state index in [2.05, 4.69) is 24.6 Å². The van der Waals surface area contributed by atoms with Crippen LogP contribution < -0.4 is 10.8 Å². The van der Waals surface area contributed by atoms with Gasteiger partial charge in [0.1, 0.15) is 0 Å². The molecule has 1 amide bonds. The van der Waals surface area contributed by atoms with Crippen molar-refractivity contribution in [2.45, 2.75) is 83.4 Å². The third-order valence-corrected chi connectivity index (χ3v) is 7.12. The molecule has 0 aromatic heterocycles. The Kier molecular flexibility index (Phi) is 4.70. The van der Waals surface area contributed by atoms with Crippen molar-refractivity contribution in [3.63, 3.8) is 0 Å². The van der Waals surface area contributed by atoms with E-state index in [0.717, 1.165) is 6.42 Å². The smallest absolute Gasteiger partial charge is 0.244 e. The van der Waals surface area contributed by atoms with Crippen molar-refractivity contribution in [3.8, 4) is 0 Å². The summed E-state index contributed by atoms with van der Waals surface area (Å²) in [5.74, 6) is 2.62. The highest BCUT2D eigenvalue weighted by Gasteiger charge is 2.44. The van der Waals surface area contributed by atoms with Crippen LogP contribution in [0.15, 0.2) is 11.6 Å². The van der Waals surface area contributed by atoms with Crippen LogP contribution in [0.3, 0.4) is 0 Å². The predicted octanol–water partition coefficient (Wildman–Crippen LogP) is 3.34. The highest BCUT2D eigenvalue weighted by atomic mass is 16.7. The summed E-state index contributed by atoms with van der Waals surface area (Å²) in [6.45, 7) is 4.41. The first-order valence-corrected chi connectivity index (χ1v) is 10.1. The van der Waals surface area contributed by atoms with E-state index in [1.165, 1.54) is 50.5 Å². The van der Waals surface area contributed by atoms with Gasteiger partial charge in [0.05, 0.1) is 6.10 Å². The highest BCUT2D eigenvalue weighted by molar-refractivity contribution is 5.89. The van der Waals surface area contributed by atoms with E-state index in [9.17, 15) is 4.79 Å². The molecule has 4 nitrogen and oxygen atoms in total. The van der Waals surface area contributed by atoms with Gasteiger partial charge in [-0.2, -0.15) is 5.48 Å². The fraction of sp³-hybridized carbons (Fsp3) is 0.850. The Balaban J connectivity index is 1.49. The van der Waals surface area contributed by atoms with Crippen molar-refractivity contribution in [2.75, 3.05) is 0 Å². The minimum absolute atomic E-state index is 0.152. The van der Waals surface area contributed by atoms with Gasteiger partial charge in [-0.15, -0.1) is 0 Å². The van der Waals surface area contributed by atoms with Gasteiger partial charge in [-0.25, -0.2) is 0 Å². The molecule has 2 N–H and O–H groups in total. The summed E-state index contributed by atoms with van der Waals surface area (Å²) in [5.41, 5.74) is 4.65. The van der Waals surface area contributed by atoms with Crippen molar-refractivity contribution >= 4 is 5.91 Å². The van der Waals surface area contributed by atoms with Crippen LogP contribution in [0.5, 0.6) is 0 Å². The minimum atomic E-state index is 0.152. The molecule has 134 valence electrons. The second kappa shape index (κ2) is 6.80. The van der Waals surface area contributed by atoms with Gasteiger partial charge in [0.2, 0.25) is 5.91 Å². The molecular weight excluding hydrogens is 300 g/mol.